The molecule has 1 unspecified atom stereocenters. The average molecular weight is 238 g/mol. The molecular weight excluding hydrogens is 224 g/mol. The first-order valence-electron chi connectivity index (χ1n) is 4.86. The van der Waals surface area contributed by atoms with Gasteiger partial charge in [0.05, 0.1) is 35.4 Å². The van der Waals surface area contributed by atoms with E-state index >= 15 is 0 Å². The maximum Gasteiger partial charge on any atom is 0.161 e. The lowest BCUT2D eigenvalue weighted by Crippen LogP contribution is -2.16. The lowest BCUT2D eigenvalue weighted by Gasteiger charge is -2.12. The van der Waals surface area contributed by atoms with Gasteiger partial charge in [0.25, 0.3) is 0 Å². The highest BCUT2D eigenvalue weighted by Gasteiger charge is 2.21. The Bertz CT molecular complexity index is 491. The van der Waals surface area contributed by atoms with Gasteiger partial charge in [0.15, 0.2) is 5.75 Å². The summed E-state index contributed by atoms with van der Waals surface area (Å²) in [5.41, 5.74) is 9.84. The molecule has 5 nitrogen and oxygen atoms in total. The van der Waals surface area contributed by atoms with Crippen LogP contribution in [0.15, 0.2) is 11.7 Å². The van der Waals surface area contributed by atoms with Crippen LogP contribution in [0.3, 0.4) is 0 Å². The van der Waals surface area contributed by atoms with E-state index in [2.05, 4.69) is 10.1 Å². The van der Waals surface area contributed by atoms with Crippen molar-refractivity contribution in [3.05, 3.63) is 28.0 Å². The highest BCUT2D eigenvalue weighted by molar-refractivity contribution is 7.09. The monoisotopic (exact) mass is 238 g/mol. The zero-order valence-corrected chi connectivity index (χ0v) is 10.3. The molecule has 2 aromatic rings. The molecule has 1 atom stereocenters. The molecule has 0 aromatic carbocycles. The first-order valence-corrected chi connectivity index (χ1v) is 5.74. The molecule has 0 saturated heterocycles. The SMILES string of the molecule is COc1cnn(C)c1C(N)c1scnc1C. The van der Waals surface area contributed by atoms with Crippen molar-refractivity contribution in [1.82, 2.24) is 14.8 Å². The number of ether oxygens (including phenoxy) is 1. The Kier molecular flexibility index (Phi) is 2.93. The van der Waals surface area contributed by atoms with Gasteiger partial charge in [0.1, 0.15) is 5.69 Å². The van der Waals surface area contributed by atoms with Crippen LogP contribution < -0.4 is 10.5 Å². The number of hydrogen-bond donors (Lipinski definition) is 1. The highest BCUT2D eigenvalue weighted by Crippen LogP contribution is 2.30. The van der Waals surface area contributed by atoms with Crippen LogP contribution in [0.25, 0.3) is 0 Å². The van der Waals surface area contributed by atoms with Gasteiger partial charge in [0, 0.05) is 7.05 Å². The molecule has 0 aliphatic heterocycles. The highest BCUT2D eigenvalue weighted by atomic mass is 32.1. The quantitative estimate of drug-likeness (QED) is 0.873. The zero-order valence-electron chi connectivity index (χ0n) is 9.47. The molecule has 2 N–H and O–H groups in total. The molecule has 0 saturated carbocycles. The molecule has 6 heteroatoms. The molecule has 2 heterocycles. The van der Waals surface area contributed by atoms with Crippen LogP contribution in [0.1, 0.15) is 22.3 Å². The number of nitrogens with zero attached hydrogens (tertiary/aromatic N) is 3. The van der Waals surface area contributed by atoms with Gasteiger partial charge in [-0.25, -0.2) is 4.98 Å². The number of aromatic nitrogens is 3. The summed E-state index contributed by atoms with van der Waals surface area (Å²) < 4.78 is 6.98. The first-order chi connectivity index (χ1) is 7.65. The minimum Gasteiger partial charge on any atom is -0.493 e. The van der Waals surface area contributed by atoms with Gasteiger partial charge in [-0.1, -0.05) is 0 Å². The first kappa shape index (κ1) is 11.1. The lowest BCUT2D eigenvalue weighted by atomic mass is 10.1. The fourth-order valence-electron chi connectivity index (χ4n) is 1.67. The van der Waals surface area contributed by atoms with Crippen molar-refractivity contribution in [2.24, 2.45) is 12.8 Å². The Morgan fingerprint density at radius 1 is 1.56 bits per heavy atom. The minimum atomic E-state index is -0.241. The molecule has 0 bridgehead atoms. The second-order valence-corrected chi connectivity index (χ2v) is 4.39. The molecule has 2 aromatic heterocycles. The number of methoxy groups -OCH3 is 1. The number of rotatable bonds is 3. The Hall–Kier alpha value is -1.40. The van der Waals surface area contributed by atoms with Crippen molar-refractivity contribution in [1.29, 1.82) is 0 Å². The summed E-state index contributed by atoms with van der Waals surface area (Å²) in [7, 11) is 3.47. The van der Waals surface area contributed by atoms with Crippen molar-refractivity contribution in [3.8, 4) is 5.75 Å². The summed E-state index contributed by atoms with van der Waals surface area (Å²) in [4.78, 5) is 5.24. The van der Waals surface area contributed by atoms with Crippen molar-refractivity contribution < 1.29 is 4.74 Å². The summed E-state index contributed by atoms with van der Waals surface area (Å²) in [5.74, 6) is 0.711. The summed E-state index contributed by atoms with van der Waals surface area (Å²) >= 11 is 1.55. The topological polar surface area (TPSA) is 66.0 Å². The molecule has 0 fully saturated rings. The summed E-state index contributed by atoms with van der Waals surface area (Å²) in [6.45, 7) is 1.95. The smallest absolute Gasteiger partial charge is 0.161 e. The van der Waals surface area contributed by atoms with Crippen LogP contribution in [0, 0.1) is 6.92 Å². The second kappa shape index (κ2) is 4.23. The number of hydrogen-bond acceptors (Lipinski definition) is 5. The van der Waals surface area contributed by atoms with Gasteiger partial charge in [-0.2, -0.15) is 5.10 Å². The van der Waals surface area contributed by atoms with Crippen molar-refractivity contribution >= 4 is 11.3 Å². The van der Waals surface area contributed by atoms with E-state index in [1.54, 1.807) is 34.8 Å². The van der Waals surface area contributed by atoms with Gasteiger partial charge in [-0.05, 0) is 6.92 Å². The molecule has 0 aliphatic carbocycles. The van der Waals surface area contributed by atoms with Crippen LogP contribution >= 0.6 is 11.3 Å². The van der Waals surface area contributed by atoms with Crippen LogP contribution in [0.5, 0.6) is 5.75 Å². The maximum absolute atomic E-state index is 6.21. The number of aryl methyl sites for hydroxylation is 2. The van der Waals surface area contributed by atoms with E-state index in [9.17, 15) is 0 Å². The third kappa shape index (κ3) is 1.70. The van der Waals surface area contributed by atoms with Crippen molar-refractivity contribution in [2.75, 3.05) is 7.11 Å². The normalized spacial score (nSPS) is 12.8. The van der Waals surface area contributed by atoms with E-state index in [-0.39, 0.29) is 6.04 Å². The third-order valence-corrected chi connectivity index (χ3v) is 3.54. The van der Waals surface area contributed by atoms with E-state index in [4.69, 9.17) is 10.5 Å². The fraction of sp³-hybridized carbons (Fsp3) is 0.400. The summed E-state index contributed by atoms with van der Waals surface area (Å²) in [6.07, 6.45) is 1.67. The molecule has 0 amide bonds. The summed E-state index contributed by atoms with van der Waals surface area (Å²) in [5, 5.41) is 4.14. The molecule has 2 rings (SSSR count). The standard InChI is InChI=1S/C10H14N4OS/c1-6-10(16-5-12-6)8(11)9-7(15-3)4-13-14(9)2/h4-5,8H,11H2,1-3H3. The van der Waals surface area contributed by atoms with Crippen LogP contribution in [-0.2, 0) is 7.05 Å². The van der Waals surface area contributed by atoms with Crippen molar-refractivity contribution in [3.63, 3.8) is 0 Å². The van der Waals surface area contributed by atoms with E-state index in [0.717, 1.165) is 16.3 Å². The van der Waals surface area contributed by atoms with Gasteiger partial charge in [-0.3, -0.25) is 4.68 Å². The zero-order chi connectivity index (χ0) is 11.7. The molecule has 0 spiro atoms. The van der Waals surface area contributed by atoms with E-state index in [1.165, 1.54) is 0 Å². The van der Waals surface area contributed by atoms with Crippen molar-refractivity contribution in [2.45, 2.75) is 13.0 Å². The largest absolute Gasteiger partial charge is 0.493 e. The average Bonchev–Trinajstić information content (AvgIpc) is 2.83. The Morgan fingerprint density at radius 2 is 2.31 bits per heavy atom. The van der Waals surface area contributed by atoms with Gasteiger partial charge < -0.3 is 10.5 Å². The van der Waals surface area contributed by atoms with Gasteiger partial charge in [-0.15, -0.1) is 11.3 Å². The Labute approximate surface area is 97.9 Å². The molecule has 86 valence electrons. The second-order valence-electron chi connectivity index (χ2n) is 3.50. The van der Waals surface area contributed by atoms with E-state index < -0.39 is 0 Å². The minimum absolute atomic E-state index is 0.241. The Morgan fingerprint density at radius 3 is 2.88 bits per heavy atom. The maximum atomic E-state index is 6.21. The summed E-state index contributed by atoms with van der Waals surface area (Å²) in [6, 6.07) is -0.241. The molecule has 0 radical (unpaired) electrons. The predicted octanol–water partition coefficient (Wildman–Crippen LogP) is 1.24. The number of nitrogens with two attached hydrogens (primary N) is 1. The predicted molar refractivity (Wildman–Crippen MR) is 62.6 cm³/mol. The van der Waals surface area contributed by atoms with Crippen LogP contribution in [0.4, 0.5) is 0 Å². The van der Waals surface area contributed by atoms with Gasteiger partial charge >= 0.3 is 0 Å². The fourth-order valence-corrected chi connectivity index (χ4v) is 2.48. The van der Waals surface area contributed by atoms with Crippen LogP contribution in [0.2, 0.25) is 0 Å². The van der Waals surface area contributed by atoms with Gasteiger partial charge in [0.2, 0.25) is 0 Å². The van der Waals surface area contributed by atoms with E-state index in [1.807, 2.05) is 14.0 Å². The van der Waals surface area contributed by atoms with E-state index in [0.29, 0.717) is 5.75 Å². The molecular formula is C10H14N4OS. The molecule has 16 heavy (non-hydrogen) atoms. The van der Waals surface area contributed by atoms with Crippen LogP contribution in [-0.4, -0.2) is 21.9 Å². The number of thiazole rings is 1. The lowest BCUT2D eigenvalue weighted by molar-refractivity contribution is 0.406. The third-order valence-electron chi connectivity index (χ3n) is 2.53. The Balaban J connectivity index is 2.44. The molecule has 0 aliphatic rings.